The molecule has 4 nitrogen and oxygen atoms in total. The number of aromatic nitrogens is 1. The highest BCUT2D eigenvalue weighted by Gasteiger charge is 2.09. The van der Waals surface area contributed by atoms with E-state index in [0.29, 0.717) is 11.7 Å². The molecule has 6 heteroatoms. The van der Waals surface area contributed by atoms with E-state index < -0.39 is 5.97 Å². The smallest absolute Gasteiger partial charge is 0.355 e. The minimum Gasteiger partial charge on any atom is -0.476 e. The maximum Gasteiger partial charge on any atom is 0.355 e. The Balaban J connectivity index is 2.00. The van der Waals surface area contributed by atoms with E-state index in [1.807, 2.05) is 0 Å². The lowest BCUT2D eigenvalue weighted by Crippen LogP contribution is -2.01. The van der Waals surface area contributed by atoms with Gasteiger partial charge in [0.15, 0.2) is 10.8 Å². The van der Waals surface area contributed by atoms with Crippen LogP contribution in [0.4, 0.5) is 5.13 Å². The largest absolute Gasteiger partial charge is 0.476 e. The third-order valence-corrected chi connectivity index (χ3v) is 4.11. The van der Waals surface area contributed by atoms with Gasteiger partial charge in [-0.1, -0.05) is 6.92 Å². The second-order valence-corrected chi connectivity index (χ2v) is 5.28. The van der Waals surface area contributed by atoms with E-state index in [4.69, 9.17) is 5.11 Å². The lowest BCUT2D eigenvalue weighted by Gasteiger charge is -2.02. The van der Waals surface area contributed by atoms with Gasteiger partial charge in [0, 0.05) is 10.3 Å². The van der Waals surface area contributed by atoms with Gasteiger partial charge in [-0.3, -0.25) is 0 Å². The van der Waals surface area contributed by atoms with E-state index >= 15 is 0 Å². The molecule has 0 unspecified atom stereocenters. The molecule has 0 spiro atoms. The number of hydrogen-bond donors (Lipinski definition) is 2. The van der Waals surface area contributed by atoms with Crippen molar-refractivity contribution in [3.8, 4) is 0 Å². The van der Waals surface area contributed by atoms with Crippen LogP contribution in [-0.4, -0.2) is 16.1 Å². The zero-order chi connectivity index (χ0) is 12.3. The third kappa shape index (κ3) is 2.83. The summed E-state index contributed by atoms with van der Waals surface area (Å²) in [5.41, 5.74) is 1.43. The Bertz CT molecular complexity index is 519. The summed E-state index contributed by atoms with van der Waals surface area (Å²) in [6.45, 7) is 2.82. The van der Waals surface area contributed by atoms with Crippen LogP contribution in [0.15, 0.2) is 16.8 Å². The van der Waals surface area contributed by atoms with Crippen molar-refractivity contribution in [3.05, 3.63) is 33.0 Å². The average Bonchev–Trinajstić information content (AvgIpc) is 2.95. The lowest BCUT2D eigenvalue weighted by atomic mass is 10.2. The van der Waals surface area contributed by atoms with Gasteiger partial charge in [-0.2, -0.15) is 0 Å². The molecule has 0 amide bonds. The fraction of sp³-hybridized carbons (Fsp3) is 0.273. The molecule has 2 rings (SSSR count). The van der Waals surface area contributed by atoms with E-state index in [0.717, 1.165) is 6.42 Å². The van der Waals surface area contributed by atoms with Gasteiger partial charge in [0.05, 0.1) is 6.54 Å². The number of aromatic carboxylic acids is 1. The molecule has 0 atom stereocenters. The van der Waals surface area contributed by atoms with Gasteiger partial charge < -0.3 is 10.4 Å². The molecule has 17 heavy (non-hydrogen) atoms. The summed E-state index contributed by atoms with van der Waals surface area (Å²) in [7, 11) is 0. The Morgan fingerprint density at radius 3 is 3.00 bits per heavy atom. The summed E-state index contributed by atoms with van der Waals surface area (Å²) in [6, 6.07) is 2.12. The average molecular weight is 268 g/mol. The van der Waals surface area contributed by atoms with Crippen LogP contribution in [0, 0.1) is 0 Å². The molecule has 0 saturated heterocycles. The Morgan fingerprint density at radius 1 is 1.53 bits per heavy atom. The molecule has 2 aromatic rings. The molecule has 0 bridgehead atoms. The second kappa shape index (κ2) is 5.29. The third-order valence-electron chi connectivity index (χ3n) is 2.34. The predicted octanol–water partition coefficient (Wildman–Crippen LogP) is 3.08. The van der Waals surface area contributed by atoms with Crippen molar-refractivity contribution in [2.75, 3.05) is 5.32 Å². The highest BCUT2D eigenvalue weighted by atomic mass is 32.1. The number of hydrogen-bond acceptors (Lipinski definition) is 5. The van der Waals surface area contributed by atoms with Crippen molar-refractivity contribution in [3.63, 3.8) is 0 Å². The first kappa shape index (κ1) is 12.1. The van der Waals surface area contributed by atoms with Gasteiger partial charge in [-0.05, 0) is 23.4 Å². The summed E-state index contributed by atoms with van der Waals surface area (Å²) in [4.78, 5) is 15.9. The molecule has 2 N–H and O–H groups in total. The number of thiazole rings is 1. The van der Waals surface area contributed by atoms with Crippen LogP contribution in [0.1, 0.15) is 27.9 Å². The van der Waals surface area contributed by atoms with Gasteiger partial charge in [0.25, 0.3) is 0 Å². The molecular formula is C11H12N2O2S2. The molecule has 0 aliphatic heterocycles. The van der Waals surface area contributed by atoms with Gasteiger partial charge in [0.1, 0.15) is 0 Å². The summed E-state index contributed by atoms with van der Waals surface area (Å²) < 4.78 is 0. The van der Waals surface area contributed by atoms with Crippen LogP contribution >= 0.6 is 22.7 Å². The number of nitrogens with zero attached hydrogens (tertiary/aromatic N) is 1. The molecule has 2 heterocycles. The SMILES string of the molecule is CCc1ccsc1CNc1nc(C(=O)O)cs1. The van der Waals surface area contributed by atoms with Gasteiger partial charge in [-0.15, -0.1) is 22.7 Å². The van der Waals surface area contributed by atoms with Crippen LogP contribution in [-0.2, 0) is 13.0 Å². The zero-order valence-electron chi connectivity index (χ0n) is 9.27. The summed E-state index contributed by atoms with van der Waals surface area (Å²) in [6.07, 6.45) is 1.01. The van der Waals surface area contributed by atoms with Gasteiger partial charge in [-0.25, -0.2) is 9.78 Å². The fourth-order valence-corrected chi connectivity index (χ4v) is 3.05. The Labute approximate surface area is 107 Å². The summed E-state index contributed by atoms with van der Waals surface area (Å²) >= 11 is 3.02. The normalized spacial score (nSPS) is 10.4. The van der Waals surface area contributed by atoms with Crippen LogP contribution < -0.4 is 5.32 Å². The lowest BCUT2D eigenvalue weighted by molar-refractivity contribution is 0.0691. The number of aryl methyl sites for hydroxylation is 1. The molecule has 0 aliphatic carbocycles. The van der Waals surface area contributed by atoms with E-state index in [-0.39, 0.29) is 5.69 Å². The van der Waals surface area contributed by atoms with Crippen molar-refractivity contribution in [1.82, 2.24) is 4.98 Å². The van der Waals surface area contributed by atoms with Gasteiger partial charge >= 0.3 is 5.97 Å². The standard InChI is InChI=1S/C11H12N2O2S2/c1-2-7-3-4-16-9(7)5-12-11-13-8(6-17-11)10(14)15/h3-4,6H,2,5H2,1H3,(H,12,13)(H,14,15). The number of nitrogens with one attached hydrogen (secondary N) is 1. The van der Waals surface area contributed by atoms with Crippen LogP contribution in [0.5, 0.6) is 0 Å². The summed E-state index contributed by atoms with van der Waals surface area (Å²) in [5.74, 6) is -0.986. The fourth-order valence-electron chi connectivity index (χ4n) is 1.45. The molecule has 2 aromatic heterocycles. The van der Waals surface area contributed by atoms with Crippen LogP contribution in [0.25, 0.3) is 0 Å². The molecular weight excluding hydrogens is 256 g/mol. The first-order valence-corrected chi connectivity index (χ1v) is 6.94. The minimum atomic E-state index is -0.986. The number of anilines is 1. The van der Waals surface area contributed by atoms with Crippen molar-refractivity contribution in [1.29, 1.82) is 0 Å². The number of thiophene rings is 1. The van der Waals surface area contributed by atoms with Crippen LogP contribution in [0.3, 0.4) is 0 Å². The second-order valence-electron chi connectivity index (χ2n) is 3.42. The first-order valence-electron chi connectivity index (χ1n) is 5.18. The molecule has 90 valence electrons. The Hall–Kier alpha value is -1.40. The van der Waals surface area contributed by atoms with Crippen molar-refractivity contribution in [2.24, 2.45) is 0 Å². The number of carboxylic acids is 1. The molecule has 0 aromatic carbocycles. The van der Waals surface area contributed by atoms with Gasteiger partial charge in [0.2, 0.25) is 0 Å². The van der Waals surface area contributed by atoms with Crippen molar-refractivity contribution >= 4 is 33.8 Å². The molecule has 0 fully saturated rings. The van der Waals surface area contributed by atoms with Crippen molar-refractivity contribution in [2.45, 2.75) is 19.9 Å². The maximum absolute atomic E-state index is 10.7. The maximum atomic E-state index is 10.7. The van der Waals surface area contributed by atoms with E-state index in [1.54, 1.807) is 16.7 Å². The highest BCUT2D eigenvalue weighted by Crippen LogP contribution is 2.21. The number of carbonyl (C=O) groups is 1. The van der Waals surface area contributed by atoms with E-state index in [1.165, 1.54) is 21.8 Å². The zero-order valence-corrected chi connectivity index (χ0v) is 10.9. The summed E-state index contributed by atoms with van der Waals surface area (Å²) in [5, 5.41) is 16.2. The van der Waals surface area contributed by atoms with E-state index in [9.17, 15) is 4.79 Å². The minimum absolute atomic E-state index is 0.0967. The van der Waals surface area contributed by atoms with E-state index in [2.05, 4.69) is 28.7 Å². The monoisotopic (exact) mass is 268 g/mol. The molecule has 0 aliphatic rings. The predicted molar refractivity (Wildman–Crippen MR) is 70.1 cm³/mol. The van der Waals surface area contributed by atoms with Crippen LogP contribution in [0.2, 0.25) is 0 Å². The topological polar surface area (TPSA) is 62.2 Å². The Morgan fingerprint density at radius 2 is 2.35 bits per heavy atom. The first-order chi connectivity index (χ1) is 8.20. The number of carboxylic acid groups (broad SMARTS) is 1. The molecule has 0 saturated carbocycles. The quantitative estimate of drug-likeness (QED) is 0.874. The molecule has 0 radical (unpaired) electrons. The Kier molecular flexibility index (Phi) is 3.75. The number of rotatable bonds is 5. The van der Waals surface area contributed by atoms with Crippen molar-refractivity contribution < 1.29 is 9.90 Å². The highest BCUT2D eigenvalue weighted by molar-refractivity contribution is 7.14.